The summed E-state index contributed by atoms with van der Waals surface area (Å²) < 4.78 is 26.0. The summed E-state index contributed by atoms with van der Waals surface area (Å²) in [6.45, 7) is 7.77. The van der Waals surface area contributed by atoms with Crippen molar-refractivity contribution in [2.45, 2.75) is 53.8 Å². The van der Waals surface area contributed by atoms with Crippen molar-refractivity contribution in [2.75, 3.05) is 19.9 Å². The van der Waals surface area contributed by atoms with Gasteiger partial charge >= 0.3 is 186 Å². The monoisotopic (exact) mass is 489 g/mol. The van der Waals surface area contributed by atoms with Crippen molar-refractivity contribution in [1.29, 1.82) is 0 Å². The number of amides is 1. The van der Waals surface area contributed by atoms with Gasteiger partial charge in [-0.25, -0.2) is 0 Å². The van der Waals surface area contributed by atoms with E-state index in [4.69, 9.17) is 23.0 Å². The van der Waals surface area contributed by atoms with Gasteiger partial charge in [0.25, 0.3) is 0 Å². The second-order valence-electron chi connectivity index (χ2n) is 9.11. The molecule has 1 amide bonds. The second-order valence-corrected chi connectivity index (χ2v) is 11.0. The zero-order valence-electron chi connectivity index (χ0n) is 19.5. The van der Waals surface area contributed by atoms with Gasteiger partial charge < -0.3 is 0 Å². The van der Waals surface area contributed by atoms with Crippen LogP contribution in [0.1, 0.15) is 46.9 Å². The van der Waals surface area contributed by atoms with E-state index in [9.17, 15) is 19.3 Å². The molecule has 1 aromatic heterocycles. The van der Waals surface area contributed by atoms with Crippen LogP contribution in [0.2, 0.25) is 0 Å². The molecule has 1 aliphatic rings. The molecule has 2 heterocycles. The third-order valence-electron chi connectivity index (χ3n) is 4.49. The van der Waals surface area contributed by atoms with E-state index in [0.717, 1.165) is 0 Å². The fourth-order valence-corrected chi connectivity index (χ4v) is 4.26. The number of nitrogens with one attached hydrogen (secondary N) is 1. The number of esters is 2. The van der Waals surface area contributed by atoms with E-state index in [1.165, 1.54) is 12.4 Å². The molecule has 0 saturated carbocycles. The van der Waals surface area contributed by atoms with Gasteiger partial charge in [0, 0.05) is 0 Å². The summed E-state index contributed by atoms with van der Waals surface area (Å²) in [5.74, 6) is -1.26. The minimum atomic E-state index is -4.23. The standard InChI is InChI=1S/C20H32N3O9P/c1-19(2,3)18(26)29-13-31-33(27)30-12-20(4,5)16(32-33)17(25)23-10-7-15(24)28-11-14-21-8-6-9-22-14/h6,8-9,16,27,33H,7,10-13H2,1-5H3,(H,23,25)/t16-/m0/s1. The molecular formula is C20H32N3O9P. The van der Waals surface area contributed by atoms with Crippen molar-refractivity contribution in [3.05, 3.63) is 24.3 Å². The van der Waals surface area contributed by atoms with Crippen LogP contribution in [0.5, 0.6) is 0 Å². The number of aromatic nitrogens is 2. The fraction of sp³-hybridized carbons (Fsp3) is 0.650. The summed E-state index contributed by atoms with van der Waals surface area (Å²) in [5, 5.41) is 2.59. The second kappa shape index (κ2) is 11.3. The van der Waals surface area contributed by atoms with E-state index in [1.54, 1.807) is 40.7 Å². The number of carbonyl (C=O) groups excluding carboxylic acids is 3. The number of hydrogen-bond acceptors (Lipinski definition) is 11. The Labute approximate surface area is 193 Å². The van der Waals surface area contributed by atoms with Gasteiger partial charge in [-0.2, -0.15) is 0 Å². The van der Waals surface area contributed by atoms with Gasteiger partial charge in [0.2, 0.25) is 0 Å². The summed E-state index contributed by atoms with van der Waals surface area (Å²) in [7, 11) is -4.23. The number of carbonyl (C=O) groups is 3. The molecule has 1 saturated heterocycles. The van der Waals surface area contributed by atoms with Crippen LogP contribution in [0.4, 0.5) is 0 Å². The van der Waals surface area contributed by atoms with Crippen molar-refractivity contribution in [2.24, 2.45) is 10.8 Å². The summed E-state index contributed by atoms with van der Waals surface area (Å²) in [6, 6.07) is 1.65. The first kappa shape index (κ1) is 27.0. The molecule has 2 N–H and O–H groups in total. The van der Waals surface area contributed by atoms with E-state index < -0.39 is 49.7 Å². The van der Waals surface area contributed by atoms with E-state index in [2.05, 4.69) is 15.3 Å². The van der Waals surface area contributed by atoms with Crippen molar-refractivity contribution in [1.82, 2.24) is 15.3 Å². The number of hydrogen-bond donors (Lipinski definition) is 2. The molecule has 0 radical (unpaired) electrons. The van der Waals surface area contributed by atoms with Gasteiger partial charge in [0.15, 0.2) is 0 Å². The van der Waals surface area contributed by atoms with Crippen LogP contribution >= 0.6 is 8.17 Å². The molecule has 0 bridgehead atoms. The topological polar surface area (TPSA) is 155 Å². The summed E-state index contributed by atoms with van der Waals surface area (Å²) in [5.41, 5.74) is -1.54. The molecule has 1 aliphatic heterocycles. The van der Waals surface area contributed by atoms with Gasteiger partial charge in [-0.15, -0.1) is 0 Å². The molecule has 0 aromatic carbocycles. The Balaban J connectivity index is 1.81. The SMILES string of the molecule is CC(C)(C)C(=O)OCO[PH]1(O)OCC(C)(C)[C@H](C(=O)NCCC(=O)OCc2ncccn2)O1. The Morgan fingerprint density at radius 2 is 1.91 bits per heavy atom. The number of nitrogens with zero attached hydrogens (tertiary/aromatic N) is 2. The van der Waals surface area contributed by atoms with E-state index >= 15 is 0 Å². The van der Waals surface area contributed by atoms with Crippen molar-refractivity contribution in [3.63, 3.8) is 0 Å². The Bertz CT molecular complexity index is 832. The Kier molecular flexibility index (Phi) is 9.21. The van der Waals surface area contributed by atoms with Crippen LogP contribution in [-0.4, -0.2) is 58.8 Å². The zero-order valence-corrected chi connectivity index (χ0v) is 20.5. The van der Waals surface area contributed by atoms with Crippen LogP contribution in [0, 0.1) is 10.8 Å². The van der Waals surface area contributed by atoms with Gasteiger partial charge in [-0.3, -0.25) is 0 Å². The predicted octanol–water partition coefficient (Wildman–Crippen LogP) is 1.43. The van der Waals surface area contributed by atoms with Gasteiger partial charge in [0.1, 0.15) is 0 Å². The molecule has 2 rings (SSSR count). The molecule has 0 aliphatic carbocycles. The maximum atomic E-state index is 12.7. The maximum absolute atomic E-state index is 12.7. The molecule has 186 valence electrons. The average Bonchev–Trinajstić information content (AvgIpc) is 2.74. The molecule has 0 unspecified atom stereocenters. The Hall–Kier alpha value is -2.24. The minimum absolute atomic E-state index is 0.00581. The summed E-state index contributed by atoms with van der Waals surface area (Å²) in [6.07, 6.45) is 1.88. The van der Waals surface area contributed by atoms with Crippen LogP contribution < -0.4 is 5.32 Å². The predicted molar refractivity (Wildman–Crippen MR) is 116 cm³/mol. The first-order valence-electron chi connectivity index (χ1n) is 10.4. The Morgan fingerprint density at radius 3 is 2.55 bits per heavy atom. The van der Waals surface area contributed by atoms with Crippen LogP contribution in [-0.2, 0) is 44.0 Å². The third-order valence-corrected chi connectivity index (χ3v) is 6.02. The molecular weight excluding hydrogens is 457 g/mol. The van der Waals surface area contributed by atoms with Crippen LogP contribution in [0.25, 0.3) is 0 Å². The molecule has 1 aromatic rings. The van der Waals surface area contributed by atoms with Crippen LogP contribution in [0.3, 0.4) is 0 Å². The first-order chi connectivity index (χ1) is 15.3. The zero-order chi connectivity index (χ0) is 24.7. The molecule has 1 fully saturated rings. The fourth-order valence-electron chi connectivity index (χ4n) is 2.56. The number of ether oxygens (including phenoxy) is 2. The molecule has 33 heavy (non-hydrogen) atoms. The van der Waals surface area contributed by atoms with Crippen LogP contribution in [0.15, 0.2) is 18.5 Å². The van der Waals surface area contributed by atoms with Gasteiger partial charge in [-0.05, 0) is 6.07 Å². The van der Waals surface area contributed by atoms with Crippen molar-refractivity contribution in [3.8, 4) is 0 Å². The Morgan fingerprint density at radius 1 is 1.24 bits per heavy atom. The summed E-state index contributed by atoms with van der Waals surface area (Å²) >= 11 is 0. The average molecular weight is 489 g/mol. The third kappa shape index (κ3) is 8.56. The van der Waals surface area contributed by atoms with Gasteiger partial charge in [-0.1, -0.05) is 0 Å². The quantitative estimate of drug-likeness (QED) is 0.294. The van der Waals surface area contributed by atoms with E-state index in [0.29, 0.717) is 5.82 Å². The van der Waals surface area contributed by atoms with Gasteiger partial charge in [0.05, 0.1) is 0 Å². The van der Waals surface area contributed by atoms with E-state index in [1.807, 2.05) is 0 Å². The van der Waals surface area contributed by atoms with Crippen molar-refractivity contribution < 1.29 is 42.3 Å². The normalized spacial score (nSPS) is 20.4. The number of rotatable bonds is 9. The van der Waals surface area contributed by atoms with Crippen molar-refractivity contribution >= 4 is 26.0 Å². The molecule has 1 atom stereocenters. The molecule has 12 nitrogen and oxygen atoms in total. The first-order valence-corrected chi connectivity index (χ1v) is 12.0. The molecule has 0 spiro atoms. The molecule has 13 heteroatoms. The van der Waals surface area contributed by atoms with E-state index in [-0.39, 0.29) is 26.2 Å². The summed E-state index contributed by atoms with van der Waals surface area (Å²) in [4.78, 5) is 54.8.